The maximum absolute atomic E-state index is 8.78. The van der Waals surface area contributed by atoms with Crippen LogP contribution in [0.5, 0.6) is 5.75 Å². The van der Waals surface area contributed by atoms with Crippen molar-refractivity contribution in [3.05, 3.63) is 29.3 Å². The molecule has 1 aromatic rings. The fourth-order valence-electron chi connectivity index (χ4n) is 2.58. The number of nitrogens with zero attached hydrogens (tertiary/aromatic N) is 2. The molecular formula is C15H23N3O2. The molecule has 0 spiro atoms. The van der Waals surface area contributed by atoms with Crippen molar-refractivity contribution in [2.24, 2.45) is 16.8 Å². The number of ether oxygens (including phenoxy) is 1. The Bertz CT molecular complexity index is 480. The van der Waals surface area contributed by atoms with Crippen LogP contribution in [0.1, 0.15) is 30.9 Å². The van der Waals surface area contributed by atoms with E-state index >= 15 is 0 Å². The van der Waals surface area contributed by atoms with E-state index in [1.165, 1.54) is 12.8 Å². The molecule has 5 heteroatoms. The van der Waals surface area contributed by atoms with Gasteiger partial charge in [-0.2, -0.15) is 0 Å². The third kappa shape index (κ3) is 3.42. The quantitative estimate of drug-likeness (QED) is 0.382. The van der Waals surface area contributed by atoms with Gasteiger partial charge in [-0.3, -0.25) is 4.90 Å². The van der Waals surface area contributed by atoms with E-state index in [9.17, 15) is 0 Å². The second kappa shape index (κ2) is 6.61. The number of oxime groups is 1. The Kier molecular flexibility index (Phi) is 4.84. The summed E-state index contributed by atoms with van der Waals surface area (Å²) in [6.45, 7) is 5.36. The van der Waals surface area contributed by atoms with Crippen molar-refractivity contribution < 1.29 is 9.94 Å². The van der Waals surface area contributed by atoms with Crippen molar-refractivity contribution in [2.45, 2.75) is 26.3 Å². The fraction of sp³-hybridized carbons (Fsp3) is 0.533. The molecule has 0 radical (unpaired) electrons. The minimum absolute atomic E-state index is 0.126. The first kappa shape index (κ1) is 14.7. The molecular weight excluding hydrogens is 254 g/mol. The summed E-state index contributed by atoms with van der Waals surface area (Å²) < 4.78 is 5.41. The van der Waals surface area contributed by atoms with Crippen molar-refractivity contribution in [2.75, 3.05) is 20.2 Å². The van der Waals surface area contributed by atoms with Crippen molar-refractivity contribution in [3.63, 3.8) is 0 Å². The van der Waals surface area contributed by atoms with Gasteiger partial charge >= 0.3 is 0 Å². The van der Waals surface area contributed by atoms with Crippen LogP contribution in [0.25, 0.3) is 0 Å². The van der Waals surface area contributed by atoms with E-state index in [1.807, 2.05) is 12.1 Å². The zero-order valence-corrected chi connectivity index (χ0v) is 12.2. The highest BCUT2D eigenvalue weighted by molar-refractivity contribution is 5.97. The standard InChI is InChI=1S/C15H23N3O2/c1-11-5-7-18(8-6-11)10-13-9-12(15(16)17-19)3-4-14(13)20-2/h3-4,9,11,19H,5-8,10H2,1-2H3,(H2,16,17). The van der Waals surface area contributed by atoms with E-state index in [2.05, 4.69) is 17.0 Å². The predicted molar refractivity (Wildman–Crippen MR) is 79.2 cm³/mol. The monoisotopic (exact) mass is 277 g/mol. The number of likely N-dealkylation sites (tertiary alicyclic amines) is 1. The SMILES string of the molecule is COc1ccc(/C(N)=N/O)cc1CN1CCC(C)CC1. The van der Waals surface area contributed by atoms with Crippen LogP contribution < -0.4 is 10.5 Å². The van der Waals surface area contributed by atoms with Crippen LogP contribution in [0.4, 0.5) is 0 Å². The average molecular weight is 277 g/mol. The van der Waals surface area contributed by atoms with Crippen molar-refractivity contribution in [1.29, 1.82) is 0 Å². The van der Waals surface area contributed by atoms with Gasteiger partial charge in [-0.05, 0) is 50.0 Å². The Balaban J connectivity index is 2.16. The van der Waals surface area contributed by atoms with Crippen LogP contribution in [0.3, 0.4) is 0 Å². The molecule has 1 aromatic carbocycles. The molecule has 110 valence electrons. The van der Waals surface area contributed by atoms with Gasteiger partial charge in [0.1, 0.15) is 5.75 Å². The van der Waals surface area contributed by atoms with Crippen LogP contribution in [-0.2, 0) is 6.54 Å². The molecule has 1 saturated heterocycles. The maximum Gasteiger partial charge on any atom is 0.170 e. The summed E-state index contributed by atoms with van der Waals surface area (Å²) in [6.07, 6.45) is 2.48. The first-order chi connectivity index (χ1) is 9.63. The molecule has 0 bridgehead atoms. The largest absolute Gasteiger partial charge is 0.496 e. The Morgan fingerprint density at radius 2 is 2.15 bits per heavy atom. The number of piperidine rings is 1. The summed E-state index contributed by atoms with van der Waals surface area (Å²) in [5.74, 6) is 1.79. The molecule has 0 aromatic heterocycles. The first-order valence-electron chi connectivity index (χ1n) is 7.01. The number of methoxy groups -OCH3 is 1. The molecule has 1 aliphatic rings. The molecule has 0 atom stereocenters. The second-order valence-corrected chi connectivity index (χ2v) is 5.47. The van der Waals surface area contributed by atoms with Crippen molar-refractivity contribution in [3.8, 4) is 5.75 Å². The summed E-state index contributed by atoms with van der Waals surface area (Å²) in [4.78, 5) is 2.42. The van der Waals surface area contributed by atoms with Gasteiger partial charge in [-0.25, -0.2) is 0 Å². The molecule has 2 rings (SSSR count). The Labute approximate surface area is 120 Å². The lowest BCUT2D eigenvalue weighted by Gasteiger charge is -2.30. The predicted octanol–water partition coefficient (Wildman–Crippen LogP) is 2.02. The summed E-state index contributed by atoms with van der Waals surface area (Å²) in [5, 5.41) is 11.8. The zero-order chi connectivity index (χ0) is 14.5. The van der Waals surface area contributed by atoms with Gasteiger partial charge in [0.15, 0.2) is 5.84 Å². The molecule has 5 nitrogen and oxygen atoms in total. The number of nitrogens with two attached hydrogens (primary N) is 1. The topological polar surface area (TPSA) is 71.1 Å². The Morgan fingerprint density at radius 1 is 1.45 bits per heavy atom. The number of hydrogen-bond acceptors (Lipinski definition) is 4. The molecule has 3 N–H and O–H groups in total. The van der Waals surface area contributed by atoms with Gasteiger partial charge in [-0.1, -0.05) is 12.1 Å². The highest BCUT2D eigenvalue weighted by atomic mass is 16.5. The summed E-state index contributed by atoms with van der Waals surface area (Å²) in [5.41, 5.74) is 7.44. The molecule has 1 heterocycles. The van der Waals surface area contributed by atoms with E-state index in [4.69, 9.17) is 15.7 Å². The van der Waals surface area contributed by atoms with Crippen LogP contribution in [0, 0.1) is 5.92 Å². The number of rotatable bonds is 4. The molecule has 1 aliphatic heterocycles. The molecule has 0 unspecified atom stereocenters. The molecule has 0 aliphatic carbocycles. The van der Waals surface area contributed by atoms with E-state index in [-0.39, 0.29) is 5.84 Å². The minimum atomic E-state index is 0.126. The lowest BCUT2D eigenvalue weighted by molar-refractivity contribution is 0.183. The summed E-state index contributed by atoms with van der Waals surface area (Å²) in [6, 6.07) is 5.61. The van der Waals surface area contributed by atoms with E-state index in [0.29, 0.717) is 5.56 Å². The number of hydrogen-bond donors (Lipinski definition) is 2. The third-order valence-corrected chi connectivity index (χ3v) is 3.95. The Morgan fingerprint density at radius 3 is 2.75 bits per heavy atom. The zero-order valence-electron chi connectivity index (χ0n) is 12.2. The first-order valence-corrected chi connectivity index (χ1v) is 7.01. The third-order valence-electron chi connectivity index (χ3n) is 3.95. The smallest absolute Gasteiger partial charge is 0.170 e. The summed E-state index contributed by atoms with van der Waals surface area (Å²) >= 11 is 0. The van der Waals surface area contributed by atoms with Gasteiger partial charge in [0.05, 0.1) is 7.11 Å². The minimum Gasteiger partial charge on any atom is -0.496 e. The summed E-state index contributed by atoms with van der Waals surface area (Å²) in [7, 11) is 1.67. The van der Waals surface area contributed by atoms with Crippen LogP contribution in [0.2, 0.25) is 0 Å². The van der Waals surface area contributed by atoms with Gasteiger partial charge < -0.3 is 15.7 Å². The normalized spacial score (nSPS) is 18.2. The lowest BCUT2D eigenvalue weighted by atomic mass is 9.98. The Hall–Kier alpha value is -1.75. The van der Waals surface area contributed by atoms with Crippen LogP contribution in [0.15, 0.2) is 23.4 Å². The molecule has 0 amide bonds. The molecule has 20 heavy (non-hydrogen) atoms. The fourth-order valence-corrected chi connectivity index (χ4v) is 2.58. The van der Waals surface area contributed by atoms with Gasteiger partial charge in [0.25, 0.3) is 0 Å². The van der Waals surface area contributed by atoms with E-state index in [0.717, 1.165) is 36.9 Å². The second-order valence-electron chi connectivity index (χ2n) is 5.47. The van der Waals surface area contributed by atoms with E-state index < -0.39 is 0 Å². The average Bonchev–Trinajstić information content (AvgIpc) is 2.48. The highest BCUT2D eigenvalue weighted by Crippen LogP contribution is 2.24. The van der Waals surface area contributed by atoms with Crippen molar-refractivity contribution >= 4 is 5.84 Å². The number of amidine groups is 1. The highest BCUT2D eigenvalue weighted by Gasteiger charge is 2.17. The lowest BCUT2D eigenvalue weighted by Crippen LogP contribution is -2.32. The van der Waals surface area contributed by atoms with Crippen molar-refractivity contribution in [1.82, 2.24) is 4.90 Å². The van der Waals surface area contributed by atoms with E-state index in [1.54, 1.807) is 13.2 Å². The van der Waals surface area contributed by atoms with Crippen LogP contribution in [-0.4, -0.2) is 36.1 Å². The molecule has 0 saturated carbocycles. The van der Waals surface area contributed by atoms with Gasteiger partial charge in [0.2, 0.25) is 0 Å². The van der Waals surface area contributed by atoms with Gasteiger partial charge in [0, 0.05) is 17.7 Å². The molecule has 1 fully saturated rings. The van der Waals surface area contributed by atoms with Gasteiger partial charge in [-0.15, -0.1) is 0 Å². The maximum atomic E-state index is 8.78. The number of benzene rings is 1. The van der Waals surface area contributed by atoms with Crippen LogP contribution >= 0.6 is 0 Å².